The van der Waals surface area contributed by atoms with E-state index in [1.165, 1.54) is 12.8 Å². The number of hydrogen-bond acceptors (Lipinski definition) is 3. The molecule has 0 saturated carbocycles. The van der Waals surface area contributed by atoms with Gasteiger partial charge >= 0.3 is 0 Å². The van der Waals surface area contributed by atoms with E-state index in [0.29, 0.717) is 11.9 Å². The van der Waals surface area contributed by atoms with Crippen molar-refractivity contribution in [3.8, 4) is 0 Å². The number of ether oxygens (including phenoxy) is 1. The van der Waals surface area contributed by atoms with Crippen molar-refractivity contribution in [1.29, 1.82) is 0 Å². The molecule has 1 N–H and O–H groups in total. The first-order chi connectivity index (χ1) is 6.86. The summed E-state index contributed by atoms with van der Waals surface area (Å²) in [6, 6.07) is 0. The van der Waals surface area contributed by atoms with Crippen LogP contribution >= 0.6 is 0 Å². The molecule has 0 bridgehead atoms. The SMILES string of the molecule is O=C1CCNCC1CCC1CCCO1. The molecule has 0 aromatic heterocycles. The van der Waals surface area contributed by atoms with Crippen LogP contribution in [0.2, 0.25) is 0 Å². The summed E-state index contributed by atoms with van der Waals surface area (Å²) in [4.78, 5) is 11.5. The minimum Gasteiger partial charge on any atom is -0.378 e. The van der Waals surface area contributed by atoms with Crippen molar-refractivity contribution < 1.29 is 9.53 Å². The molecule has 2 heterocycles. The Labute approximate surface area is 85.2 Å². The molecule has 2 aliphatic heterocycles. The lowest BCUT2D eigenvalue weighted by molar-refractivity contribution is -0.124. The zero-order valence-electron chi connectivity index (χ0n) is 8.63. The van der Waals surface area contributed by atoms with E-state index in [-0.39, 0.29) is 5.92 Å². The van der Waals surface area contributed by atoms with E-state index in [4.69, 9.17) is 4.74 Å². The molecule has 2 unspecified atom stereocenters. The fraction of sp³-hybridized carbons (Fsp3) is 0.909. The summed E-state index contributed by atoms with van der Waals surface area (Å²) in [5.41, 5.74) is 0. The maximum absolute atomic E-state index is 11.5. The Hall–Kier alpha value is -0.410. The molecule has 0 spiro atoms. The first-order valence-electron chi connectivity index (χ1n) is 5.71. The monoisotopic (exact) mass is 197 g/mol. The standard InChI is InChI=1S/C11H19NO2/c13-11-5-6-12-8-9(11)3-4-10-2-1-7-14-10/h9-10,12H,1-8H2. The third-order valence-corrected chi connectivity index (χ3v) is 3.26. The Morgan fingerprint density at radius 3 is 3.07 bits per heavy atom. The second kappa shape index (κ2) is 4.89. The third kappa shape index (κ3) is 2.55. The van der Waals surface area contributed by atoms with Crippen molar-refractivity contribution in [3.05, 3.63) is 0 Å². The van der Waals surface area contributed by atoms with Crippen molar-refractivity contribution >= 4 is 5.78 Å². The van der Waals surface area contributed by atoms with E-state index < -0.39 is 0 Å². The van der Waals surface area contributed by atoms with Gasteiger partial charge < -0.3 is 10.1 Å². The first-order valence-corrected chi connectivity index (χ1v) is 5.71. The number of carbonyl (C=O) groups is 1. The maximum Gasteiger partial charge on any atom is 0.138 e. The van der Waals surface area contributed by atoms with E-state index >= 15 is 0 Å². The van der Waals surface area contributed by atoms with Gasteiger partial charge in [-0.3, -0.25) is 4.79 Å². The molecule has 2 aliphatic rings. The second-order valence-corrected chi connectivity index (χ2v) is 4.33. The van der Waals surface area contributed by atoms with Crippen LogP contribution in [0.1, 0.15) is 32.1 Å². The smallest absolute Gasteiger partial charge is 0.138 e. The van der Waals surface area contributed by atoms with Crippen LogP contribution in [0.3, 0.4) is 0 Å². The lowest BCUT2D eigenvalue weighted by atomic mass is 9.92. The van der Waals surface area contributed by atoms with Gasteiger partial charge in [0.1, 0.15) is 5.78 Å². The van der Waals surface area contributed by atoms with Crippen LogP contribution in [-0.4, -0.2) is 31.6 Å². The molecule has 0 amide bonds. The average Bonchev–Trinajstić information content (AvgIpc) is 2.69. The van der Waals surface area contributed by atoms with Gasteiger partial charge in [0.25, 0.3) is 0 Å². The summed E-state index contributed by atoms with van der Waals surface area (Å²) in [5.74, 6) is 0.703. The van der Waals surface area contributed by atoms with Gasteiger partial charge in [-0.25, -0.2) is 0 Å². The van der Waals surface area contributed by atoms with Crippen LogP contribution in [0.15, 0.2) is 0 Å². The van der Waals surface area contributed by atoms with E-state index in [9.17, 15) is 4.79 Å². The van der Waals surface area contributed by atoms with Gasteiger partial charge in [0.15, 0.2) is 0 Å². The predicted molar refractivity (Wildman–Crippen MR) is 54.2 cm³/mol. The van der Waals surface area contributed by atoms with Crippen LogP contribution in [0.5, 0.6) is 0 Å². The molecular formula is C11H19NO2. The molecule has 2 atom stereocenters. The lowest BCUT2D eigenvalue weighted by Gasteiger charge is -2.22. The molecule has 3 heteroatoms. The van der Waals surface area contributed by atoms with Gasteiger partial charge in [0.05, 0.1) is 6.10 Å². The van der Waals surface area contributed by atoms with Crippen molar-refractivity contribution in [3.63, 3.8) is 0 Å². The second-order valence-electron chi connectivity index (χ2n) is 4.33. The normalized spacial score (nSPS) is 33.6. The number of piperidine rings is 1. The molecule has 2 fully saturated rings. The molecule has 2 saturated heterocycles. The van der Waals surface area contributed by atoms with Crippen LogP contribution < -0.4 is 5.32 Å². The highest BCUT2D eigenvalue weighted by Gasteiger charge is 2.24. The molecule has 3 nitrogen and oxygen atoms in total. The van der Waals surface area contributed by atoms with Crippen LogP contribution in [-0.2, 0) is 9.53 Å². The lowest BCUT2D eigenvalue weighted by Crippen LogP contribution is -2.37. The Morgan fingerprint density at radius 2 is 2.36 bits per heavy atom. The Morgan fingerprint density at radius 1 is 1.43 bits per heavy atom. The minimum absolute atomic E-state index is 0.257. The van der Waals surface area contributed by atoms with Crippen molar-refractivity contribution in [2.75, 3.05) is 19.7 Å². The number of carbonyl (C=O) groups excluding carboxylic acids is 1. The van der Waals surface area contributed by atoms with E-state index in [0.717, 1.165) is 39.0 Å². The number of nitrogens with one attached hydrogen (secondary N) is 1. The summed E-state index contributed by atoms with van der Waals surface area (Å²) in [5, 5.41) is 3.28. The van der Waals surface area contributed by atoms with Crippen molar-refractivity contribution in [2.24, 2.45) is 5.92 Å². The molecule has 14 heavy (non-hydrogen) atoms. The van der Waals surface area contributed by atoms with E-state index in [1.54, 1.807) is 0 Å². The topological polar surface area (TPSA) is 38.3 Å². The summed E-state index contributed by atoms with van der Waals surface area (Å²) in [6.45, 7) is 2.67. The fourth-order valence-electron chi connectivity index (χ4n) is 2.33. The van der Waals surface area contributed by atoms with Crippen LogP contribution in [0.4, 0.5) is 0 Å². The summed E-state index contributed by atoms with van der Waals surface area (Å²) in [7, 11) is 0. The van der Waals surface area contributed by atoms with E-state index in [1.807, 2.05) is 0 Å². The van der Waals surface area contributed by atoms with Crippen molar-refractivity contribution in [1.82, 2.24) is 5.32 Å². The number of rotatable bonds is 3. The number of ketones is 1. The summed E-state index contributed by atoms with van der Waals surface area (Å²) < 4.78 is 5.55. The molecule has 2 rings (SSSR count). The van der Waals surface area contributed by atoms with Gasteiger partial charge in [0, 0.05) is 32.0 Å². The van der Waals surface area contributed by atoms with Gasteiger partial charge in [0.2, 0.25) is 0 Å². The van der Waals surface area contributed by atoms with Crippen LogP contribution in [0, 0.1) is 5.92 Å². The zero-order valence-corrected chi connectivity index (χ0v) is 8.63. The summed E-state index contributed by atoms with van der Waals surface area (Å²) >= 11 is 0. The largest absolute Gasteiger partial charge is 0.378 e. The summed E-state index contributed by atoms with van der Waals surface area (Å²) in [6.07, 6.45) is 5.62. The first kappa shape index (κ1) is 10.1. The predicted octanol–water partition coefficient (Wildman–Crippen LogP) is 1.12. The van der Waals surface area contributed by atoms with Gasteiger partial charge in [-0.05, 0) is 25.7 Å². The number of hydrogen-bond donors (Lipinski definition) is 1. The third-order valence-electron chi connectivity index (χ3n) is 3.26. The Bertz CT molecular complexity index is 199. The molecule has 0 aliphatic carbocycles. The number of Topliss-reactive ketones (excluding diaryl/α,β-unsaturated/α-hetero) is 1. The molecular weight excluding hydrogens is 178 g/mol. The molecule has 0 radical (unpaired) electrons. The minimum atomic E-state index is 0.257. The highest BCUT2D eigenvalue weighted by Crippen LogP contribution is 2.21. The molecule has 80 valence electrons. The Balaban J connectivity index is 1.70. The average molecular weight is 197 g/mol. The maximum atomic E-state index is 11.5. The Kier molecular flexibility index (Phi) is 3.54. The fourth-order valence-corrected chi connectivity index (χ4v) is 2.33. The van der Waals surface area contributed by atoms with Gasteiger partial charge in [-0.2, -0.15) is 0 Å². The van der Waals surface area contributed by atoms with Gasteiger partial charge in [-0.1, -0.05) is 0 Å². The van der Waals surface area contributed by atoms with Crippen LogP contribution in [0.25, 0.3) is 0 Å². The molecule has 0 aromatic carbocycles. The van der Waals surface area contributed by atoms with Crippen molar-refractivity contribution in [2.45, 2.75) is 38.2 Å². The highest BCUT2D eigenvalue weighted by atomic mass is 16.5. The molecule has 0 aromatic rings. The van der Waals surface area contributed by atoms with Gasteiger partial charge in [-0.15, -0.1) is 0 Å². The van der Waals surface area contributed by atoms with E-state index in [2.05, 4.69) is 5.32 Å². The zero-order chi connectivity index (χ0) is 9.80. The highest BCUT2D eigenvalue weighted by molar-refractivity contribution is 5.82. The quantitative estimate of drug-likeness (QED) is 0.737.